The van der Waals surface area contributed by atoms with Gasteiger partial charge < -0.3 is 10.5 Å². The number of rotatable bonds is 4. The molecular formula is C13H11Br2Cl2NOS. The van der Waals surface area contributed by atoms with Gasteiger partial charge in [0.2, 0.25) is 0 Å². The first-order chi connectivity index (χ1) is 9.38. The van der Waals surface area contributed by atoms with Crippen molar-refractivity contribution in [2.75, 3.05) is 0 Å². The van der Waals surface area contributed by atoms with E-state index in [2.05, 4.69) is 31.9 Å². The number of hydrogen-bond acceptors (Lipinski definition) is 3. The van der Waals surface area contributed by atoms with Crippen LogP contribution in [0.3, 0.4) is 0 Å². The van der Waals surface area contributed by atoms with E-state index in [1.165, 1.54) is 0 Å². The highest BCUT2D eigenvalue weighted by atomic mass is 79.9. The smallest absolute Gasteiger partial charge is 0.148 e. The highest BCUT2D eigenvalue weighted by Crippen LogP contribution is 2.38. The minimum Gasteiger partial charge on any atom is -0.482 e. The Hall–Kier alpha value is 0.220. The summed E-state index contributed by atoms with van der Waals surface area (Å²) >= 11 is 20.6. The molecule has 0 bridgehead atoms. The van der Waals surface area contributed by atoms with Crippen LogP contribution in [0.4, 0.5) is 0 Å². The second-order valence-electron chi connectivity index (χ2n) is 4.24. The maximum absolute atomic E-state index is 6.18. The molecule has 0 fully saturated rings. The zero-order valence-electron chi connectivity index (χ0n) is 10.4. The molecule has 2 nitrogen and oxygen atoms in total. The van der Waals surface area contributed by atoms with E-state index in [9.17, 15) is 0 Å². The number of hydrogen-bond donors (Lipinski definition) is 1. The molecule has 0 aliphatic carbocycles. The minimum absolute atomic E-state index is 0.181. The molecule has 2 N–H and O–H groups in total. The third kappa shape index (κ3) is 3.90. The van der Waals surface area contributed by atoms with E-state index >= 15 is 0 Å². The van der Waals surface area contributed by atoms with Crippen LogP contribution < -0.4 is 10.5 Å². The number of nitrogens with two attached hydrogens (primary N) is 1. The fourth-order valence-corrected chi connectivity index (χ4v) is 4.04. The topological polar surface area (TPSA) is 35.2 Å². The van der Waals surface area contributed by atoms with Crippen molar-refractivity contribution in [2.24, 2.45) is 5.73 Å². The number of benzene rings is 1. The summed E-state index contributed by atoms with van der Waals surface area (Å²) in [6, 6.07) is 7.17. The van der Waals surface area contributed by atoms with Gasteiger partial charge in [0, 0.05) is 21.5 Å². The van der Waals surface area contributed by atoms with Gasteiger partial charge in [-0.25, -0.2) is 0 Å². The van der Waals surface area contributed by atoms with E-state index < -0.39 is 0 Å². The molecule has 1 heterocycles. The number of halogens is 4. The second kappa shape index (κ2) is 6.99. The number of thiophene rings is 1. The Morgan fingerprint density at radius 2 is 1.90 bits per heavy atom. The summed E-state index contributed by atoms with van der Waals surface area (Å²) in [4.78, 5) is 1.03. The zero-order valence-corrected chi connectivity index (χ0v) is 15.9. The van der Waals surface area contributed by atoms with Gasteiger partial charge in [0.25, 0.3) is 0 Å². The van der Waals surface area contributed by atoms with E-state index in [4.69, 9.17) is 33.7 Å². The van der Waals surface area contributed by atoms with Crippen LogP contribution in [0, 0.1) is 0 Å². The molecule has 0 saturated carbocycles. The van der Waals surface area contributed by atoms with Crippen molar-refractivity contribution < 1.29 is 4.74 Å². The summed E-state index contributed by atoms with van der Waals surface area (Å²) in [5.74, 6) is 0.520. The molecule has 1 aromatic heterocycles. The van der Waals surface area contributed by atoms with Crippen LogP contribution in [0.2, 0.25) is 10.0 Å². The van der Waals surface area contributed by atoms with Crippen molar-refractivity contribution in [1.29, 1.82) is 0 Å². The van der Waals surface area contributed by atoms with E-state index in [-0.39, 0.29) is 12.1 Å². The molecular weight excluding hydrogens is 449 g/mol. The fourth-order valence-electron chi connectivity index (χ4n) is 1.64. The molecule has 20 heavy (non-hydrogen) atoms. The molecule has 2 atom stereocenters. The van der Waals surface area contributed by atoms with Gasteiger partial charge in [0.05, 0.1) is 13.8 Å². The first-order valence-electron chi connectivity index (χ1n) is 5.70. The van der Waals surface area contributed by atoms with Crippen molar-refractivity contribution in [2.45, 2.75) is 19.1 Å². The van der Waals surface area contributed by atoms with Gasteiger partial charge in [-0.2, -0.15) is 0 Å². The first kappa shape index (κ1) is 16.6. The maximum Gasteiger partial charge on any atom is 0.148 e. The van der Waals surface area contributed by atoms with Gasteiger partial charge >= 0.3 is 0 Å². The average Bonchev–Trinajstić information content (AvgIpc) is 2.78. The summed E-state index contributed by atoms with van der Waals surface area (Å²) in [6.07, 6.45) is -0.277. The lowest BCUT2D eigenvalue weighted by Crippen LogP contribution is -2.28. The quantitative estimate of drug-likeness (QED) is 0.565. The highest BCUT2D eigenvalue weighted by Gasteiger charge is 2.22. The molecule has 7 heteroatoms. The van der Waals surface area contributed by atoms with Crippen LogP contribution in [-0.2, 0) is 0 Å². The van der Waals surface area contributed by atoms with Crippen LogP contribution in [0.1, 0.15) is 17.9 Å². The third-order valence-corrected chi connectivity index (χ3v) is 5.76. The molecule has 2 aromatic rings. The Bertz CT molecular complexity index is 618. The fraction of sp³-hybridized carbons (Fsp3) is 0.231. The lowest BCUT2D eigenvalue weighted by atomic mass is 10.1. The van der Waals surface area contributed by atoms with Gasteiger partial charge in [0.15, 0.2) is 0 Å². The predicted octanol–water partition coefficient (Wildman–Crippen LogP) is 6.05. The van der Waals surface area contributed by atoms with Crippen LogP contribution >= 0.6 is 66.4 Å². The van der Waals surface area contributed by atoms with Gasteiger partial charge in [-0.1, -0.05) is 23.2 Å². The Morgan fingerprint density at radius 1 is 1.20 bits per heavy atom. The summed E-state index contributed by atoms with van der Waals surface area (Å²) in [5, 5.41) is 1.03. The maximum atomic E-state index is 6.18. The van der Waals surface area contributed by atoms with Gasteiger partial charge in [-0.3, -0.25) is 0 Å². The Labute approximate surface area is 148 Å². The van der Waals surface area contributed by atoms with E-state index in [0.717, 1.165) is 13.1 Å². The van der Waals surface area contributed by atoms with Crippen LogP contribution in [0.5, 0.6) is 5.75 Å². The van der Waals surface area contributed by atoms with Crippen molar-refractivity contribution in [1.82, 2.24) is 0 Å². The summed E-state index contributed by atoms with van der Waals surface area (Å²) in [5.41, 5.74) is 6.02. The number of ether oxygens (including phenoxy) is 1. The molecule has 1 aromatic carbocycles. The Balaban J connectivity index is 2.32. The monoisotopic (exact) mass is 457 g/mol. The van der Waals surface area contributed by atoms with Gasteiger partial charge in [0.1, 0.15) is 11.9 Å². The largest absolute Gasteiger partial charge is 0.482 e. The van der Waals surface area contributed by atoms with Crippen LogP contribution in [0.15, 0.2) is 32.5 Å². The molecule has 2 unspecified atom stereocenters. The lowest BCUT2D eigenvalue weighted by Gasteiger charge is -2.22. The molecule has 0 radical (unpaired) electrons. The van der Waals surface area contributed by atoms with Crippen molar-refractivity contribution in [3.8, 4) is 5.75 Å². The minimum atomic E-state index is -0.277. The SMILES string of the molecule is CC(N)C(Oc1cc(Cl)c(Br)cc1Cl)c1ccc(Br)s1. The van der Waals surface area contributed by atoms with Crippen LogP contribution in [-0.4, -0.2) is 6.04 Å². The van der Waals surface area contributed by atoms with Gasteiger partial charge in [-0.05, 0) is 57.0 Å². The lowest BCUT2D eigenvalue weighted by molar-refractivity contribution is 0.184. The third-order valence-electron chi connectivity index (χ3n) is 2.58. The van der Waals surface area contributed by atoms with Crippen molar-refractivity contribution in [3.63, 3.8) is 0 Å². The average molecular weight is 460 g/mol. The summed E-state index contributed by atoms with van der Waals surface area (Å²) in [7, 11) is 0. The van der Waals surface area contributed by atoms with Crippen molar-refractivity contribution in [3.05, 3.63) is 47.4 Å². The summed E-state index contributed by atoms with van der Waals surface area (Å²) in [6.45, 7) is 1.90. The van der Waals surface area contributed by atoms with Crippen LogP contribution in [0.25, 0.3) is 0 Å². The second-order valence-corrected chi connectivity index (χ2v) is 8.40. The summed E-state index contributed by atoms with van der Waals surface area (Å²) < 4.78 is 7.73. The molecule has 0 aliphatic heterocycles. The van der Waals surface area contributed by atoms with E-state index in [1.54, 1.807) is 23.5 Å². The molecule has 108 valence electrons. The van der Waals surface area contributed by atoms with Gasteiger partial charge in [-0.15, -0.1) is 11.3 Å². The first-order valence-corrected chi connectivity index (χ1v) is 8.86. The van der Waals surface area contributed by atoms with E-state index in [0.29, 0.717) is 15.8 Å². The van der Waals surface area contributed by atoms with Crippen molar-refractivity contribution >= 4 is 66.4 Å². The normalized spacial score (nSPS) is 14.1. The molecule has 0 amide bonds. The Kier molecular flexibility index (Phi) is 5.79. The molecule has 0 spiro atoms. The Morgan fingerprint density at radius 3 is 2.45 bits per heavy atom. The zero-order chi connectivity index (χ0) is 14.9. The van der Waals surface area contributed by atoms with E-state index in [1.807, 2.05) is 19.1 Å². The predicted molar refractivity (Wildman–Crippen MR) is 93.2 cm³/mol. The molecule has 0 aliphatic rings. The molecule has 0 saturated heterocycles. The highest BCUT2D eigenvalue weighted by molar-refractivity contribution is 9.11. The standard InChI is InChI=1S/C13H11Br2Cl2NOS/c1-6(18)13(11-2-3-12(15)20-11)19-10-5-8(16)7(14)4-9(10)17/h2-6,13H,18H2,1H3. The molecule has 2 rings (SSSR count).